The van der Waals surface area contributed by atoms with Gasteiger partial charge in [0, 0.05) is 49.8 Å². The number of thiazole rings is 1. The molecular weight excluding hydrogens is 284 g/mol. The van der Waals surface area contributed by atoms with Gasteiger partial charge in [0.15, 0.2) is 4.96 Å². The summed E-state index contributed by atoms with van der Waals surface area (Å²) in [5.74, 6) is 0. The van der Waals surface area contributed by atoms with Gasteiger partial charge in [-0.15, -0.1) is 11.3 Å². The highest BCUT2D eigenvalue weighted by atomic mass is 32.1. The second-order valence-electron chi connectivity index (χ2n) is 5.43. The second kappa shape index (κ2) is 5.29. The van der Waals surface area contributed by atoms with Gasteiger partial charge in [0.25, 0.3) is 0 Å². The summed E-state index contributed by atoms with van der Waals surface area (Å²) >= 11 is 1.68. The first-order chi connectivity index (χ1) is 10.3. The number of imidazole rings is 1. The number of morpholine rings is 1. The number of aryl methyl sites for hydroxylation is 1. The molecule has 0 aromatic carbocycles. The molecule has 0 aliphatic carbocycles. The molecule has 0 bridgehead atoms. The van der Waals surface area contributed by atoms with E-state index in [1.165, 1.54) is 5.69 Å². The number of ether oxygens (including phenoxy) is 1. The summed E-state index contributed by atoms with van der Waals surface area (Å²) in [5, 5.41) is 2.06. The molecule has 110 valence electrons. The van der Waals surface area contributed by atoms with Crippen molar-refractivity contribution in [3.8, 4) is 0 Å². The van der Waals surface area contributed by atoms with E-state index in [1.54, 1.807) is 11.3 Å². The highest BCUT2D eigenvalue weighted by molar-refractivity contribution is 7.15. The number of hydrogen-bond donors (Lipinski definition) is 0. The van der Waals surface area contributed by atoms with E-state index in [0.29, 0.717) is 6.04 Å². The van der Waals surface area contributed by atoms with Gasteiger partial charge in [0.1, 0.15) is 0 Å². The molecule has 1 saturated heterocycles. The minimum absolute atomic E-state index is 0.304. The van der Waals surface area contributed by atoms with Crippen LogP contribution >= 0.6 is 11.3 Å². The van der Waals surface area contributed by atoms with E-state index >= 15 is 0 Å². The molecular formula is C15H18N4OS. The van der Waals surface area contributed by atoms with Crippen LogP contribution in [0, 0.1) is 0 Å². The number of fused-ring (bicyclic) bond motifs is 1. The van der Waals surface area contributed by atoms with E-state index < -0.39 is 0 Å². The molecule has 3 aromatic heterocycles. The van der Waals surface area contributed by atoms with Crippen molar-refractivity contribution in [3.05, 3.63) is 47.5 Å². The number of nitrogens with zero attached hydrogens (tertiary/aromatic N) is 4. The van der Waals surface area contributed by atoms with Crippen LogP contribution in [-0.2, 0) is 18.3 Å². The monoisotopic (exact) mass is 302 g/mol. The Morgan fingerprint density at radius 2 is 2.38 bits per heavy atom. The third-order valence-electron chi connectivity index (χ3n) is 4.07. The minimum Gasteiger partial charge on any atom is -0.378 e. The highest BCUT2D eigenvalue weighted by Crippen LogP contribution is 2.26. The summed E-state index contributed by atoms with van der Waals surface area (Å²) in [4.78, 5) is 8.22. The lowest BCUT2D eigenvalue weighted by Crippen LogP contribution is -2.39. The van der Waals surface area contributed by atoms with Gasteiger partial charge in [-0.2, -0.15) is 0 Å². The van der Waals surface area contributed by atoms with Crippen LogP contribution in [-0.4, -0.2) is 38.6 Å². The van der Waals surface area contributed by atoms with Gasteiger partial charge in [-0.25, -0.2) is 4.98 Å². The largest absolute Gasteiger partial charge is 0.378 e. The molecule has 0 N–H and O–H groups in total. The Morgan fingerprint density at radius 3 is 3.19 bits per heavy atom. The van der Waals surface area contributed by atoms with Gasteiger partial charge in [0.2, 0.25) is 0 Å². The summed E-state index contributed by atoms with van der Waals surface area (Å²) in [6.45, 7) is 3.36. The number of rotatable bonds is 3. The molecule has 21 heavy (non-hydrogen) atoms. The van der Waals surface area contributed by atoms with Crippen LogP contribution in [0.4, 0.5) is 0 Å². The Labute approximate surface area is 127 Å². The Morgan fingerprint density at radius 1 is 1.43 bits per heavy atom. The van der Waals surface area contributed by atoms with Gasteiger partial charge in [-0.05, 0) is 12.1 Å². The van der Waals surface area contributed by atoms with Crippen LogP contribution in [0.5, 0.6) is 0 Å². The maximum atomic E-state index is 5.69. The smallest absolute Gasteiger partial charge is 0.193 e. The summed E-state index contributed by atoms with van der Waals surface area (Å²) in [7, 11) is 2.09. The molecule has 0 spiro atoms. The molecule has 4 rings (SSSR count). The molecule has 1 atom stereocenters. The molecule has 6 heteroatoms. The van der Waals surface area contributed by atoms with Crippen LogP contribution in [0.2, 0.25) is 0 Å². The first-order valence-corrected chi connectivity index (χ1v) is 8.03. The van der Waals surface area contributed by atoms with Crippen molar-refractivity contribution in [1.29, 1.82) is 0 Å². The van der Waals surface area contributed by atoms with Crippen molar-refractivity contribution in [2.45, 2.75) is 12.6 Å². The fraction of sp³-hybridized carbons (Fsp3) is 0.400. The van der Waals surface area contributed by atoms with Gasteiger partial charge in [0.05, 0.1) is 24.9 Å². The van der Waals surface area contributed by atoms with Crippen molar-refractivity contribution in [2.75, 3.05) is 19.8 Å². The van der Waals surface area contributed by atoms with Gasteiger partial charge in [-0.3, -0.25) is 9.30 Å². The third kappa shape index (κ3) is 2.39. The lowest BCUT2D eigenvalue weighted by molar-refractivity contribution is -0.0156. The molecule has 1 fully saturated rings. The Balaban J connectivity index is 1.59. The number of hydrogen-bond acceptors (Lipinski definition) is 4. The molecule has 0 amide bonds. The molecule has 4 heterocycles. The topological polar surface area (TPSA) is 34.7 Å². The average molecular weight is 302 g/mol. The van der Waals surface area contributed by atoms with Gasteiger partial charge >= 0.3 is 0 Å². The van der Waals surface area contributed by atoms with E-state index in [2.05, 4.69) is 57.0 Å². The van der Waals surface area contributed by atoms with Crippen LogP contribution in [0.1, 0.15) is 17.4 Å². The average Bonchev–Trinajstić information content (AvgIpc) is 3.15. The van der Waals surface area contributed by atoms with Crippen LogP contribution in [0.15, 0.2) is 36.1 Å². The predicted octanol–water partition coefficient (Wildman–Crippen LogP) is 2.31. The summed E-state index contributed by atoms with van der Waals surface area (Å²) in [6, 6.07) is 4.57. The van der Waals surface area contributed by atoms with Gasteiger partial charge in [-0.1, -0.05) is 0 Å². The molecule has 0 radical (unpaired) electrons. The van der Waals surface area contributed by atoms with E-state index in [0.717, 1.165) is 37.0 Å². The first kappa shape index (κ1) is 13.1. The predicted molar refractivity (Wildman–Crippen MR) is 82.5 cm³/mol. The lowest BCUT2D eigenvalue weighted by atomic mass is 10.1. The Bertz CT molecular complexity index is 715. The van der Waals surface area contributed by atoms with Gasteiger partial charge < -0.3 is 9.30 Å². The van der Waals surface area contributed by atoms with Crippen molar-refractivity contribution in [1.82, 2.24) is 18.9 Å². The summed E-state index contributed by atoms with van der Waals surface area (Å²) in [5.41, 5.74) is 2.43. The Kier molecular flexibility index (Phi) is 3.29. The van der Waals surface area contributed by atoms with Crippen molar-refractivity contribution in [3.63, 3.8) is 0 Å². The Hall–Kier alpha value is -1.63. The van der Waals surface area contributed by atoms with Crippen LogP contribution in [0.3, 0.4) is 0 Å². The highest BCUT2D eigenvalue weighted by Gasteiger charge is 2.26. The lowest BCUT2D eigenvalue weighted by Gasteiger charge is -2.35. The molecule has 3 aromatic rings. The second-order valence-corrected chi connectivity index (χ2v) is 6.30. The van der Waals surface area contributed by atoms with E-state index in [1.807, 2.05) is 0 Å². The third-order valence-corrected chi connectivity index (χ3v) is 4.84. The maximum absolute atomic E-state index is 5.69. The molecule has 1 aliphatic rings. The zero-order chi connectivity index (χ0) is 14.2. The minimum atomic E-state index is 0.304. The molecule has 1 aliphatic heterocycles. The standard InChI is InChI=1S/C15H18N4OS/c1-17-4-2-3-13(17)14-11-20-7-5-18(14)9-12-10-19-6-8-21-15(19)16-12/h2-4,6,8,10,14H,5,7,9,11H2,1H3. The van der Waals surface area contributed by atoms with Crippen LogP contribution < -0.4 is 0 Å². The zero-order valence-electron chi connectivity index (χ0n) is 12.0. The summed E-state index contributed by atoms with van der Waals surface area (Å²) in [6.07, 6.45) is 6.28. The fourth-order valence-corrected chi connectivity index (χ4v) is 3.70. The zero-order valence-corrected chi connectivity index (χ0v) is 12.8. The van der Waals surface area contributed by atoms with Crippen LogP contribution in [0.25, 0.3) is 4.96 Å². The summed E-state index contributed by atoms with van der Waals surface area (Å²) < 4.78 is 9.97. The maximum Gasteiger partial charge on any atom is 0.193 e. The van der Waals surface area contributed by atoms with Crippen molar-refractivity contribution in [2.24, 2.45) is 7.05 Å². The van der Waals surface area contributed by atoms with E-state index in [4.69, 9.17) is 9.72 Å². The fourth-order valence-electron chi connectivity index (χ4n) is 2.98. The van der Waals surface area contributed by atoms with Crippen molar-refractivity contribution < 1.29 is 4.74 Å². The molecule has 5 nitrogen and oxygen atoms in total. The normalized spacial score (nSPS) is 20.3. The first-order valence-electron chi connectivity index (χ1n) is 7.15. The van der Waals surface area contributed by atoms with Crippen molar-refractivity contribution >= 4 is 16.3 Å². The quantitative estimate of drug-likeness (QED) is 0.744. The molecule has 1 unspecified atom stereocenters. The SMILES string of the molecule is Cn1cccc1C1COCCN1Cc1cn2ccsc2n1. The van der Waals surface area contributed by atoms with E-state index in [9.17, 15) is 0 Å². The van der Waals surface area contributed by atoms with E-state index in [-0.39, 0.29) is 0 Å². The molecule has 0 saturated carbocycles. The number of aromatic nitrogens is 3.